The van der Waals surface area contributed by atoms with Crippen LogP contribution in [0.15, 0.2) is 67.0 Å². The lowest BCUT2D eigenvalue weighted by atomic mass is 9.92. The largest absolute Gasteiger partial charge is 0.299 e. The van der Waals surface area contributed by atoms with Gasteiger partial charge in [-0.05, 0) is 63.1 Å². The molecule has 0 saturated carbocycles. The van der Waals surface area contributed by atoms with Gasteiger partial charge in [-0.15, -0.1) is 0 Å². The highest BCUT2D eigenvalue weighted by molar-refractivity contribution is 5.84. The van der Waals surface area contributed by atoms with Crippen LogP contribution in [0.4, 0.5) is 0 Å². The highest BCUT2D eigenvalue weighted by Gasteiger charge is 2.27. The van der Waals surface area contributed by atoms with Gasteiger partial charge in [0.2, 0.25) is 0 Å². The lowest BCUT2D eigenvalue weighted by Crippen LogP contribution is -2.08. The molecule has 0 amide bonds. The lowest BCUT2D eigenvalue weighted by Gasteiger charge is -2.22. The molecule has 3 aromatic carbocycles. The van der Waals surface area contributed by atoms with E-state index in [9.17, 15) is 0 Å². The summed E-state index contributed by atoms with van der Waals surface area (Å²) in [7, 11) is 0. The monoisotopic (exact) mass is 434 g/mol. The molecule has 0 spiro atoms. The molecule has 0 atom stereocenters. The zero-order valence-corrected chi connectivity index (χ0v) is 20.7. The number of benzene rings is 3. The van der Waals surface area contributed by atoms with Crippen LogP contribution in [0.25, 0.3) is 28.2 Å². The van der Waals surface area contributed by atoms with Crippen LogP contribution >= 0.6 is 0 Å². The summed E-state index contributed by atoms with van der Waals surface area (Å²) in [5.41, 5.74) is 12.4. The first-order chi connectivity index (χ1) is 15.9. The molecule has 33 heavy (non-hydrogen) atoms. The van der Waals surface area contributed by atoms with E-state index in [1.807, 2.05) is 6.20 Å². The van der Waals surface area contributed by atoms with E-state index in [1.54, 1.807) is 0 Å². The minimum absolute atomic E-state index is 0.438. The molecule has 0 aliphatic heterocycles. The van der Waals surface area contributed by atoms with Crippen LogP contribution in [0.1, 0.15) is 87.1 Å². The minimum Gasteiger partial charge on any atom is -0.299 e. The summed E-state index contributed by atoms with van der Waals surface area (Å²) in [5.74, 6) is 2.44. The Balaban J connectivity index is 1.71. The zero-order chi connectivity index (χ0) is 23.3. The van der Waals surface area contributed by atoms with Gasteiger partial charge in [-0.3, -0.25) is 4.57 Å². The van der Waals surface area contributed by atoms with Crippen molar-refractivity contribution in [1.29, 1.82) is 0 Å². The van der Waals surface area contributed by atoms with Gasteiger partial charge in [0.1, 0.15) is 5.82 Å². The van der Waals surface area contributed by atoms with Crippen LogP contribution in [-0.4, -0.2) is 9.55 Å². The number of aromatic nitrogens is 2. The van der Waals surface area contributed by atoms with E-state index in [4.69, 9.17) is 4.98 Å². The Labute approximate surface area is 198 Å². The van der Waals surface area contributed by atoms with Crippen molar-refractivity contribution in [2.75, 3.05) is 0 Å². The number of para-hydroxylation sites is 1. The van der Waals surface area contributed by atoms with E-state index in [1.165, 1.54) is 50.2 Å². The summed E-state index contributed by atoms with van der Waals surface area (Å²) in [6.07, 6.45) is 5.08. The average molecular weight is 435 g/mol. The van der Waals surface area contributed by atoms with Crippen molar-refractivity contribution in [2.24, 2.45) is 0 Å². The van der Waals surface area contributed by atoms with Crippen LogP contribution in [0.3, 0.4) is 0 Å². The van der Waals surface area contributed by atoms with E-state index < -0.39 is 0 Å². The molecule has 1 aromatic heterocycles. The molecule has 168 valence electrons. The quantitative estimate of drug-likeness (QED) is 0.271. The molecule has 0 N–H and O–H groups in total. The van der Waals surface area contributed by atoms with Crippen LogP contribution in [0.2, 0.25) is 0 Å². The third kappa shape index (κ3) is 3.53. The Morgan fingerprint density at radius 3 is 1.79 bits per heavy atom. The Hall–Kier alpha value is -3.13. The minimum atomic E-state index is 0.438. The van der Waals surface area contributed by atoms with Crippen LogP contribution < -0.4 is 0 Å². The maximum atomic E-state index is 4.92. The summed E-state index contributed by atoms with van der Waals surface area (Å²) in [4.78, 5) is 4.92. The van der Waals surface area contributed by atoms with Crippen molar-refractivity contribution in [1.82, 2.24) is 9.55 Å². The first kappa shape index (κ1) is 21.7. The average Bonchev–Trinajstić information content (AvgIpc) is 3.42. The zero-order valence-electron chi connectivity index (χ0n) is 20.7. The molecular formula is C31H34N2. The fourth-order valence-electron chi connectivity index (χ4n) is 5.48. The predicted octanol–water partition coefficient (Wildman–Crippen LogP) is 8.48. The molecule has 5 rings (SSSR count). The van der Waals surface area contributed by atoms with Crippen molar-refractivity contribution in [3.63, 3.8) is 0 Å². The topological polar surface area (TPSA) is 17.8 Å². The number of hydrogen-bond acceptors (Lipinski definition) is 1. The van der Waals surface area contributed by atoms with Crippen molar-refractivity contribution in [3.05, 3.63) is 94.8 Å². The third-order valence-corrected chi connectivity index (χ3v) is 7.12. The molecule has 0 saturated heterocycles. The van der Waals surface area contributed by atoms with Gasteiger partial charge in [0.25, 0.3) is 0 Å². The second kappa shape index (κ2) is 8.33. The van der Waals surface area contributed by atoms with Gasteiger partial charge in [0.05, 0.1) is 5.69 Å². The fourth-order valence-corrected chi connectivity index (χ4v) is 5.48. The van der Waals surface area contributed by atoms with Gasteiger partial charge in [0.15, 0.2) is 0 Å². The Morgan fingerprint density at radius 2 is 1.15 bits per heavy atom. The van der Waals surface area contributed by atoms with Crippen molar-refractivity contribution < 1.29 is 0 Å². The number of imidazole rings is 1. The number of rotatable bonds is 5. The van der Waals surface area contributed by atoms with Gasteiger partial charge >= 0.3 is 0 Å². The molecule has 0 bridgehead atoms. The molecular weight excluding hydrogens is 400 g/mol. The Kier molecular flexibility index (Phi) is 5.48. The molecule has 0 radical (unpaired) electrons. The van der Waals surface area contributed by atoms with Gasteiger partial charge in [-0.1, -0.05) is 96.1 Å². The standard InChI is InChI=1S/C31H34N2/c1-19(2)22-10-7-13-25-26-14-9-15-27(29(26)18-28(22)25)31-32-16-17-33(31)30-23(20(3)4)11-8-12-24(30)21(5)6/h7-17,19-21H,18H2,1-6H3. The molecule has 0 unspecified atom stereocenters. The van der Waals surface area contributed by atoms with Gasteiger partial charge in [-0.25, -0.2) is 4.98 Å². The molecule has 4 aromatic rings. The summed E-state index contributed by atoms with van der Waals surface area (Å²) in [5, 5.41) is 0. The van der Waals surface area contributed by atoms with E-state index in [0.29, 0.717) is 17.8 Å². The predicted molar refractivity (Wildman–Crippen MR) is 140 cm³/mol. The first-order valence-corrected chi connectivity index (χ1v) is 12.3. The highest BCUT2D eigenvalue weighted by atomic mass is 15.1. The maximum absolute atomic E-state index is 4.92. The number of nitrogens with zero attached hydrogens (tertiary/aromatic N) is 2. The van der Waals surface area contributed by atoms with Crippen molar-refractivity contribution >= 4 is 0 Å². The van der Waals surface area contributed by atoms with E-state index in [0.717, 1.165) is 12.2 Å². The summed E-state index contributed by atoms with van der Waals surface area (Å²) in [6.45, 7) is 13.7. The highest BCUT2D eigenvalue weighted by Crippen LogP contribution is 2.44. The van der Waals surface area contributed by atoms with Crippen LogP contribution in [-0.2, 0) is 6.42 Å². The molecule has 0 fully saturated rings. The summed E-state index contributed by atoms with van der Waals surface area (Å²) in [6, 6.07) is 20.3. The van der Waals surface area contributed by atoms with Crippen molar-refractivity contribution in [2.45, 2.75) is 65.7 Å². The first-order valence-electron chi connectivity index (χ1n) is 12.3. The second-order valence-corrected chi connectivity index (χ2v) is 10.3. The fraction of sp³-hybridized carbons (Fsp3) is 0.323. The molecule has 1 aliphatic rings. The smallest absolute Gasteiger partial charge is 0.144 e. The van der Waals surface area contributed by atoms with E-state index in [2.05, 4.69) is 107 Å². The van der Waals surface area contributed by atoms with E-state index in [-0.39, 0.29) is 0 Å². The normalized spacial score (nSPS) is 12.6. The van der Waals surface area contributed by atoms with Gasteiger partial charge in [-0.2, -0.15) is 0 Å². The Bertz CT molecular complexity index is 1290. The van der Waals surface area contributed by atoms with E-state index >= 15 is 0 Å². The molecule has 2 nitrogen and oxygen atoms in total. The van der Waals surface area contributed by atoms with Gasteiger partial charge < -0.3 is 0 Å². The third-order valence-electron chi connectivity index (χ3n) is 7.12. The van der Waals surface area contributed by atoms with Gasteiger partial charge in [0, 0.05) is 18.0 Å². The molecule has 1 aliphatic carbocycles. The number of fused-ring (bicyclic) bond motifs is 3. The molecule has 1 heterocycles. The van der Waals surface area contributed by atoms with Crippen molar-refractivity contribution in [3.8, 4) is 28.2 Å². The SMILES string of the molecule is CC(C)c1cccc2c1Cc1c-2cccc1-c1nccn1-c1c(C(C)C)cccc1C(C)C. The number of hydrogen-bond donors (Lipinski definition) is 0. The lowest BCUT2D eigenvalue weighted by molar-refractivity contribution is 0.806. The maximum Gasteiger partial charge on any atom is 0.144 e. The molecule has 2 heteroatoms. The second-order valence-electron chi connectivity index (χ2n) is 10.3. The van der Waals surface area contributed by atoms with Crippen LogP contribution in [0, 0.1) is 0 Å². The van der Waals surface area contributed by atoms with Crippen LogP contribution in [0.5, 0.6) is 0 Å². The summed E-state index contributed by atoms with van der Waals surface area (Å²) < 4.78 is 2.34. The summed E-state index contributed by atoms with van der Waals surface area (Å²) >= 11 is 0. The Morgan fingerprint density at radius 1 is 0.636 bits per heavy atom.